The molecule has 0 spiro atoms. The zero-order valence-corrected chi connectivity index (χ0v) is 53.0. The summed E-state index contributed by atoms with van der Waals surface area (Å²) in [6.07, 6.45) is 68.9. The average molecular weight is 1160 g/mol. The number of hydrogen-bond donors (Lipinski definition) is 6. The third-order valence-electron chi connectivity index (χ3n) is 15.5. The number of hydrogen-bond acceptors (Lipinski definition) is 10. The first-order valence-electron chi connectivity index (χ1n) is 34.0. The topological polar surface area (TPSA) is 175 Å². The first kappa shape index (κ1) is 77.6. The number of esters is 1. The van der Waals surface area contributed by atoms with E-state index in [0.29, 0.717) is 19.3 Å². The normalized spacial score (nSPS) is 19.2. The van der Waals surface area contributed by atoms with Crippen molar-refractivity contribution in [2.45, 2.75) is 333 Å². The summed E-state index contributed by atoms with van der Waals surface area (Å²) in [5.74, 6) is -1.26. The van der Waals surface area contributed by atoms with Gasteiger partial charge in [-0.15, -0.1) is 0 Å². The summed E-state index contributed by atoms with van der Waals surface area (Å²) < 4.78 is 17.6. The third kappa shape index (κ3) is 46.5. The molecule has 0 aromatic heterocycles. The second-order valence-electron chi connectivity index (χ2n) is 23.2. The summed E-state index contributed by atoms with van der Waals surface area (Å²) in [5, 5.41) is 57.1. The highest BCUT2D eigenvalue weighted by Gasteiger charge is 2.47. The van der Waals surface area contributed by atoms with Crippen molar-refractivity contribution in [1.82, 2.24) is 5.32 Å². The number of carbonyl (C=O) groups excluding carboxylic acids is 2. The predicted molar refractivity (Wildman–Crippen MR) is 347 cm³/mol. The molecule has 11 nitrogen and oxygen atoms in total. The van der Waals surface area contributed by atoms with E-state index < -0.39 is 67.4 Å². The lowest BCUT2D eigenvalue weighted by Gasteiger charge is -2.41. The molecule has 0 aromatic carbocycles. The van der Waals surface area contributed by atoms with Crippen molar-refractivity contribution in [2.24, 2.45) is 0 Å². The number of aliphatic hydroxyl groups is 5. The molecule has 0 bridgehead atoms. The fourth-order valence-corrected chi connectivity index (χ4v) is 10.1. The van der Waals surface area contributed by atoms with Crippen molar-refractivity contribution < 1.29 is 49.3 Å². The molecule has 11 heteroatoms. The third-order valence-corrected chi connectivity index (χ3v) is 15.5. The monoisotopic (exact) mass is 1160 g/mol. The summed E-state index contributed by atoms with van der Waals surface area (Å²) >= 11 is 0. The number of rotatable bonds is 57. The summed E-state index contributed by atoms with van der Waals surface area (Å²) in [6, 6.07) is -1.04. The molecule has 1 amide bonds. The Balaban J connectivity index is 2.60. The van der Waals surface area contributed by atoms with Gasteiger partial charge in [0.25, 0.3) is 0 Å². The van der Waals surface area contributed by atoms with Gasteiger partial charge >= 0.3 is 5.97 Å². The first-order valence-corrected chi connectivity index (χ1v) is 34.0. The minimum atomic E-state index is -1.64. The number of ether oxygens (including phenoxy) is 3. The van der Waals surface area contributed by atoms with Crippen LogP contribution in [0.2, 0.25) is 0 Å². The predicted octanol–water partition coefficient (Wildman–Crippen LogP) is 17.1. The fraction of sp³-hybridized carbons (Fsp3) is 0.750. The van der Waals surface area contributed by atoms with Gasteiger partial charge in [0.05, 0.1) is 25.4 Å². The van der Waals surface area contributed by atoms with Crippen LogP contribution >= 0.6 is 0 Å². The van der Waals surface area contributed by atoms with Gasteiger partial charge < -0.3 is 45.1 Å². The van der Waals surface area contributed by atoms with E-state index >= 15 is 0 Å². The molecule has 1 rings (SSSR count). The molecule has 1 saturated heterocycles. The van der Waals surface area contributed by atoms with Crippen molar-refractivity contribution in [1.29, 1.82) is 0 Å². The molecule has 0 aliphatic carbocycles. The van der Waals surface area contributed by atoms with E-state index in [-0.39, 0.29) is 19.4 Å². The Morgan fingerprint density at radius 1 is 0.470 bits per heavy atom. The van der Waals surface area contributed by atoms with Crippen molar-refractivity contribution in [3.8, 4) is 0 Å². The summed E-state index contributed by atoms with van der Waals surface area (Å²) in [4.78, 5) is 26.6. The Labute approximate surface area is 507 Å². The van der Waals surface area contributed by atoms with E-state index in [9.17, 15) is 35.1 Å². The van der Waals surface area contributed by atoms with Crippen LogP contribution in [0.4, 0.5) is 0 Å². The highest BCUT2D eigenvalue weighted by molar-refractivity contribution is 5.80. The van der Waals surface area contributed by atoms with Gasteiger partial charge in [-0.1, -0.05) is 272 Å². The second-order valence-corrected chi connectivity index (χ2v) is 23.2. The molecule has 8 atom stereocenters. The van der Waals surface area contributed by atoms with Gasteiger partial charge in [-0.3, -0.25) is 9.59 Å². The molecule has 1 heterocycles. The molecular weight excluding hydrogens is 1040 g/mol. The Hall–Kier alpha value is -3.42. The maximum atomic E-state index is 13.5. The maximum Gasteiger partial charge on any atom is 0.306 e. The van der Waals surface area contributed by atoms with E-state index in [1.165, 1.54) is 148 Å². The van der Waals surface area contributed by atoms with Gasteiger partial charge in [-0.25, -0.2) is 0 Å². The van der Waals surface area contributed by atoms with Gasteiger partial charge in [0.15, 0.2) is 12.4 Å². The van der Waals surface area contributed by atoms with Gasteiger partial charge in [0.1, 0.15) is 24.4 Å². The maximum absolute atomic E-state index is 13.5. The molecule has 0 radical (unpaired) electrons. The van der Waals surface area contributed by atoms with E-state index in [0.717, 1.165) is 83.5 Å². The van der Waals surface area contributed by atoms with E-state index in [2.05, 4.69) is 105 Å². The molecule has 1 aliphatic rings. The number of nitrogens with one attached hydrogen (secondary N) is 1. The number of allylic oxidation sites excluding steroid dienone is 15. The SMILES string of the molecule is CCCCC/C=C\C/C=C\C/C=C\C/C=C\CCCC(=O)OC1C(OCC(NC(=O)C(O)CCCCCCCCCCCCCCC/C=C\C/C=C\C/C=C\CCCCC)C(O)/C=C/CCCCCCCCCCC)OC(CO)C(O)C1O. The molecule has 6 N–H and O–H groups in total. The molecule has 8 unspecified atom stereocenters. The average Bonchev–Trinajstić information content (AvgIpc) is 3.69. The van der Waals surface area contributed by atoms with Crippen molar-refractivity contribution in [2.75, 3.05) is 13.2 Å². The fourth-order valence-electron chi connectivity index (χ4n) is 10.1. The zero-order chi connectivity index (χ0) is 60.3. The Morgan fingerprint density at radius 3 is 1.27 bits per heavy atom. The number of amides is 1. The minimum Gasteiger partial charge on any atom is -0.454 e. The van der Waals surface area contributed by atoms with Crippen molar-refractivity contribution in [3.63, 3.8) is 0 Å². The molecule has 478 valence electrons. The summed E-state index contributed by atoms with van der Waals surface area (Å²) in [5.41, 5.74) is 0. The van der Waals surface area contributed by atoms with Gasteiger partial charge in [0.2, 0.25) is 5.91 Å². The number of aliphatic hydroxyl groups excluding tert-OH is 5. The largest absolute Gasteiger partial charge is 0.454 e. The Morgan fingerprint density at radius 2 is 0.831 bits per heavy atom. The molecular formula is C72H125NO10. The lowest BCUT2D eigenvalue weighted by atomic mass is 9.99. The Kier molecular flexibility index (Phi) is 55.1. The van der Waals surface area contributed by atoms with Crippen LogP contribution < -0.4 is 5.32 Å². The molecule has 1 aliphatic heterocycles. The van der Waals surface area contributed by atoms with Crippen LogP contribution in [0.5, 0.6) is 0 Å². The van der Waals surface area contributed by atoms with Crippen LogP contribution in [0.3, 0.4) is 0 Å². The molecule has 0 saturated carbocycles. The minimum absolute atomic E-state index is 0.0445. The van der Waals surface area contributed by atoms with Crippen LogP contribution in [0.25, 0.3) is 0 Å². The highest BCUT2D eigenvalue weighted by atomic mass is 16.7. The van der Waals surface area contributed by atoms with Crippen LogP contribution in [0.1, 0.15) is 284 Å². The van der Waals surface area contributed by atoms with Crippen molar-refractivity contribution in [3.05, 3.63) is 97.2 Å². The van der Waals surface area contributed by atoms with Crippen LogP contribution in [0, 0.1) is 0 Å². The highest BCUT2D eigenvalue weighted by Crippen LogP contribution is 2.26. The van der Waals surface area contributed by atoms with Crippen LogP contribution in [-0.2, 0) is 23.8 Å². The first-order chi connectivity index (χ1) is 40.7. The Bertz CT molecular complexity index is 1720. The number of carbonyl (C=O) groups is 2. The van der Waals surface area contributed by atoms with Crippen molar-refractivity contribution >= 4 is 11.9 Å². The smallest absolute Gasteiger partial charge is 0.306 e. The quantitative estimate of drug-likeness (QED) is 0.0195. The van der Waals surface area contributed by atoms with Crippen LogP contribution in [0.15, 0.2) is 97.2 Å². The zero-order valence-electron chi connectivity index (χ0n) is 53.0. The van der Waals surface area contributed by atoms with Gasteiger partial charge in [0, 0.05) is 6.42 Å². The summed E-state index contributed by atoms with van der Waals surface area (Å²) in [7, 11) is 0. The second kappa shape index (κ2) is 58.9. The van der Waals surface area contributed by atoms with E-state index in [1.54, 1.807) is 6.08 Å². The summed E-state index contributed by atoms with van der Waals surface area (Å²) in [6.45, 7) is 5.71. The van der Waals surface area contributed by atoms with Gasteiger partial charge in [-0.05, 0) is 103 Å². The van der Waals surface area contributed by atoms with Gasteiger partial charge in [-0.2, -0.15) is 0 Å². The molecule has 0 aromatic rings. The van der Waals surface area contributed by atoms with Crippen LogP contribution in [-0.4, -0.2) is 99.6 Å². The van der Waals surface area contributed by atoms with E-state index in [4.69, 9.17) is 14.2 Å². The lowest BCUT2D eigenvalue weighted by Crippen LogP contribution is -2.61. The number of unbranched alkanes of at least 4 members (excludes halogenated alkanes) is 29. The van der Waals surface area contributed by atoms with E-state index in [1.807, 2.05) is 12.2 Å². The lowest BCUT2D eigenvalue weighted by molar-refractivity contribution is -0.305. The molecule has 83 heavy (non-hydrogen) atoms. The standard InChI is InChI=1S/C72H125NO10/c1-4-7-10-13-16-19-22-24-26-28-29-30-31-32-33-34-35-36-38-39-41-44-47-50-53-56-59-65(76)71(80)73-63(64(75)58-55-52-49-46-43-21-18-15-12-9-6-3)62-81-72-70(69(79)68(78)66(61-74)82-72)83-67(77)60-57-54-51-48-45-42-40-37-27-25-23-20-17-14-11-8-5-2/h16-17,19-20,24-27,29-30,40,42,48,51,55,58,63-66,68-70,72,74-76,78-79H,4-15,18,21-23,28,31-39,41,43-47,49-50,52-54,56-57,59-62H2,1-3H3,(H,73,80)/b19-16-,20-17-,26-24-,27-25-,30-29-,42-40-,51-48-,58-55+. The molecule has 1 fully saturated rings.